The fourth-order valence-electron chi connectivity index (χ4n) is 7.26. The standard InChI is InChI=1S/C33H47N3O/c1-4-25-15-17-26(18-16-25)33-34-30-20-19-27(29-14-10-9-11-24(29)3)23-31(30)36(33)22-21-32(37)35(5-2)28-12-7-6-8-13-28/h9-11,14,19-20,23-26,28-29H,4-8,12-13,15-18,21-22H2,1-3H3/t24?,25-,26-,29?. The topological polar surface area (TPSA) is 38.1 Å². The quantitative estimate of drug-likeness (QED) is 0.366. The van der Waals surface area contributed by atoms with E-state index in [0.29, 0.717) is 36.1 Å². The maximum atomic E-state index is 13.5. The van der Waals surface area contributed by atoms with Gasteiger partial charge in [0.2, 0.25) is 5.91 Å². The molecule has 0 radical (unpaired) electrons. The van der Waals surface area contributed by atoms with E-state index in [4.69, 9.17) is 4.98 Å². The molecule has 37 heavy (non-hydrogen) atoms. The second-order valence-electron chi connectivity index (χ2n) is 11.9. The van der Waals surface area contributed by atoms with Crippen LogP contribution in [0.3, 0.4) is 0 Å². The van der Waals surface area contributed by atoms with Crippen LogP contribution in [0.4, 0.5) is 0 Å². The Kier molecular flexibility index (Phi) is 8.52. The number of aryl methyl sites for hydroxylation is 1. The van der Waals surface area contributed by atoms with E-state index in [1.54, 1.807) is 0 Å². The third kappa shape index (κ3) is 5.73. The zero-order chi connectivity index (χ0) is 25.8. The number of fused-ring (bicyclic) bond motifs is 1. The van der Waals surface area contributed by atoms with Crippen molar-refractivity contribution in [1.82, 2.24) is 14.5 Å². The van der Waals surface area contributed by atoms with E-state index in [2.05, 4.69) is 72.7 Å². The van der Waals surface area contributed by atoms with E-state index in [0.717, 1.165) is 24.5 Å². The SMILES string of the molecule is CCN(C(=O)CCn1c2cc(C3C=CC=CC3C)ccc2nc1[C@H]1CC[C@H](CC)CC1)C1CCCCC1. The van der Waals surface area contributed by atoms with Gasteiger partial charge in [-0.25, -0.2) is 4.98 Å². The van der Waals surface area contributed by atoms with Gasteiger partial charge >= 0.3 is 0 Å². The van der Waals surface area contributed by atoms with Crippen molar-refractivity contribution in [3.8, 4) is 0 Å². The first-order valence-electron chi connectivity index (χ1n) is 15.2. The number of imidazole rings is 1. The van der Waals surface area contributed by atoms with E-state index in [1.807, 2.05) is 0 Å². The maximum absolute atomic E-state index is 13.5. The Bertz CT molecular complexity index is 1110. The van der Waals surface area contributed by atoms with Crippen LogP contribution in [0.2, 0.25) is 0 Å². The summed E-state index contributed by atoms with van der Waals surface area (Å²) in [6.45, 7) is 8.34. The average Bonchev–Trinajstić information content (AvgIpc) is 3.31. The summed E-state index contributed by atoms with van der Waals surface area (Å²) in [7, 11) is 0. The first kappa shape index (κ1) is 26.3. The normalized spacial score (nSPS) is 26.6. The lowest BCUT2D eigenvalue weighted by Crippen LogP contribution is -2.41. The van der Waals surface area contributed by atoms with E-state index in [9.17, 15) is 4.79 Å². The molecule has 0 bridgehead atoms. The van der Waals surface area contributed by atoms with E-state index in [-0.39, 0.29) is 0 Å². The van der Waals surface area contributed by atoms with E-state index < -0.39 is 0 Å². The molecule has 2 saturated carbocycles. The van der Waals surface area contributed by atoms with Crippen molar-refractivity contribution in [3.05, 3.63) is 53.9 Å². The molecule has 1 heterocycles. The molecule has 1 amide bonds. The number of allylic oxidation sites excluding steroid dienone is 4. The highest BCUT2D eigenvalue weighted by atomic mass is 16.2. The Morgan fingerprint density at radius 1 is 1.00 bits per heavy atom. The molecule has 4 nitrogen and oxygen atoms in total. The lowest BCUT2D eigenvalue weighted by Gasteiger charge is -2.34. The van der Waals surface area contributed by atoms with Crippen LogP contribution >= 0.6 is 0 Å². The van der Waals surface area contributed by atoms with Crippen molar-refractivity contribution in [2.24, 2.45) is 11.8 Å². The monoisotopic (exact) mass is 501 g/mol. The predicted molar refractivity (Wildman–Crippen MR) is 154 cm³/mol. The summed E-state index contributed by atoms with van der Waals surface area (Å²) in [5.41, 5.74) is 3.66. The number of hydrogen-bond acceptors (Lipinski definition) is 2. The minimum absolute atomic E-state index is 0.321. The number of amides is 1. The Balaban J connectivity index is 1.43. The molecule has 1 aromatic heterocycles. The van der Waals surface area contributed by atoms with Gasteiger partial charge in [0.15, 0.2) is 0 Å². The van der Waals surface area contributed by atoms with Gasteiger partial charge in [-0.15, -0.1) is 0 Å². The molecule has 5 rings (SSSR count). The molecule has 0 saturated heterocycles. The summed E-state index contributed by atoms with van der Waals surface area (Å²) in [5, 5.41) is 0. The van der Waals surface area contributed by atoms with Gasteiger partial charge in [0.05, 0.1) is 11.0 Å². The minimum atomic E-state index is 0.321. The molecule has 1 aromatic carbocycles. The van der Waals surface area contributed by atoms with Crippen LogP contribution in [-0.2, 0) is 11.3 Å². The molecular formula is C33H47N3O. The second kappa shape index (κ2) is 12.0. The third-order valence-electron chi connectivity index (χ3n) is 9.61. The number of rotatable bonds is 8. The number of carbonyl (C=O) groups is 1. The van der Waals surface area contributed by atoms with Gasteiger partial charge in [0.1, 0.15) is 5.82 Å². The number of benzene rings is 1. The summed E-state index contributed by atoms with van der Waals surface area (Å²) >= 11 is 0. The summed E-state index contributed by atoms with van der Waals surface area (Å²) in [5.74, 6) is 3.79. The molecule has 0 N–H and O–H groups in total. The molecule has 2 fully saturated rings. The Morgan fingerprint density at radius 3 is 2.46 bits per heavy atom. The van der Waals surface area contributed by atoms with Gasteiger partial charge in [-0.05, 0) is 75.0 Å². The predicted octanol–water partition coefficient (Wildman–Crippen LogP) is 8.14. The lowest BCUT2D eigenvalue weighted by molar-refractivity contribution is -0.134. The summed E-state index contributed by atoms with van der Waals surface area (Å²) in [6.07, 6.45) is 22.0. The molecule has 0 spiro atoms. The Hall–Kier alpha value is -2.36. The molecule has 0 aliphatic heterocycles. The average molecular weight is 502 g/mol. The fraction of sp³-hybridized carbons (Fsp3) is 0.636. The van der Waals surface area contributed by atoms with Gasteiger partial charge in [-0.2, -0.15) is 0 Å². The first-order valence-corrected chi connectivity index (χ1v) is 15.2. The first-order chi connectivity index (χ1) is 18.1. The third-order valence-corrected chi connectivity index (χ3v) is 9.61. The van der Waals surface area contributed by atoms with Crippen LogP contribution in [0.5, 0.6) is 0 Å². The van der Waals surface area contributed by atoms with Gasteiger partial charge in [-0.1, -0.05) is 69.9 Å². The molecule has 3 aliphatic carbocycles. The van der Waals surface area contributed by atoms with Crippen LogP contribution in [0.15, 0.2) is 42.5 Å². The van der Waals surface area contributed by atoms with Crippen LogP contribution in [-0.4, -0.2) is 32.9 Å². The van der Waals surface area contributed by atoms with E-state index >= 15 is 0 Å². The van der Waals surface area contributed by atoms with Crippen molar-refractivity contribution >= 4 is 16.9 Å². The van der Waals surface area contributed by atoms with Crippen molar-refractivity contribution in [1.29, 1.82) is 0 Å². The minimum Gasteiger partial charge on any atom is -0.340 e. The van der Waals surface area contributed by atoms with Crippen LogP contribution in [0.1, 0.15) is 115 Å². The Labute approximate surface area is 224 Å². The molecule has 4 heteroatoms. The number of aromatic nitrogens is 2. The highest BCUT2D eigenvalue weighted by molar-refractivity contribution is 5.79. The van der Waals surface area contributed by atoms with Gasteiger partial charge < -0.3 is 9.47 Å². The number of carbonyl (C=O) groups excluding carboxylic acids is 1. The van der Waals surface area contributed by atoms with Gasteiger partial charge in [0, 0.05) is 37.4 Å². The summed E-state index contributed by atoms with van der Waals surface area (Å²) in [4.78, 5) is 20.9. The zero-order valence-corrected chi connectivity index (χ0v) is 23.4. The fourth-order valence-corrected chi connectivity index (χ4v) is 7.26. The summed E-state index contributed by atoms with van der Waals surface area (Å²) < 4.78 is 2.44. The van der Waals surface area contributed by atoms with Crippen molar-refractivity contribution in [3.63, 3.8) is 0 Å². The molecule has 2 atom stereocenters. The molecule has 200 valence electrons. The highest BCUT2D eigenvalue weighted by Gasteiger charge is 2.28. The molecule has 2 aromatic rings. The second-order valence-corrected chi connectivity index (χ2v) is 11.9. The van der Waals surface area contributed by atoms with Crippen LogP contribution in [0, 0.1) is 11.8 Å². The van der Waals surface area contributed by atoms with Crippen molar-refractivity contribution in [2.45, 2.75) is 116 Å². The summed E-state index contributed by atoms with van der Waals surface area (Å²) in [6, 6.07) is 7.31. The smallest absolute Gasteiger partial charge is 0.224 e. The van der Waals surface area contributed by atoms with Crippen LogP contribution in [0.25, 0.3) is 11.0 Å². The molecule has 2 unspecified atom stereocenters. The largest absolute Gasteiger partial charge is 0.340 e. The van der Waals surface area contributed by atoms with Gasteiger partial charge in [0.25, 0.3) is 0 Å². The highest BCUT2D eigenvalue weighted by Crippen LogP contribution is 2.39. The van der Waals surface area contributed by atoms with Crippen molar-refractivity contribution in [2.75, 3.05) is 6.54 Å². The molecule has 3 aliphatic rings. The van der Waals surface area contributed by atoms with Crippen LogP contribution < -0.4 is 0 Å². The van der Waals surface area contributed by atoms with E-state index in [1.165, 1.54) is 81.1 Å². The number of nitrogens with zero attached hydrogens (tertiary/aromatic N) is 3. The maximum Gasteiger partial charge on any atom is 0.224 e. The Morgan fingerprint density at radius 2 is 1.76 bits per heavy atom. The number of hydrogen-bond donors (Lipinski definition) is 0. The van der Waals surface area contributed by atoms with Gasteiger partial charge in [-0.3, -0.25) is 4.79 Å². The lowest BCUT2D eigenvalue weighted by atomic mass is 9.80. The van der Waals surface area contributed by atoms with Crippen molar-refractivity contribution < 1.29 is 4.79 Å². The zero-order valence-electron chi connectivity index (χ0n) is 23.4. The molecular weight excluding hydrogens is 454 g/mol.